The van der Waals surface area contributed by atoms with Crippen molar-refractivity contribution in [1.29, 1.82) is 5.26 Å². The monoisotopic (exact) mass is 421 g/mol. The van der Waals surface area contributed by atoms with E-state index in [2.05, 4.69) is 11.1 Å². The van der Waals surface area contributed by atoms with E-state index in [0.717, 1.165) is 31.2 Å². The van der Waals surface area contributed by atoms with Crippen LogP contribution in [0.4, 0.5) is 0 Å². The van der Waals surface area contributed by atoms with Crippen LogP contribution in [-0.4, -0.2) is 21.6 Å². The molecule has 0 spiro atoms. The molecule has 3 aromatic rings. The molecule has 2 heterocycles. The van der Waals surface area contributed by atoms with Gasteiger partial charge < -0.3 is 4.74 Å². The van der Waals surface area contributed by atoms with Gasteiger partial charge in [-0.05, 0) is 62.8 Å². The van der Waals surface area contributed by atoms with Gasteiger partial charge in [0.1, 0.15) is 21.6 Å². The number of hydrogen-bond acceptors (Lipinski definition) is 6. The molecule has 1 fully saturated rings. The molecule has 0 aliphatic heterocycles. The van der Waals surface area contributed by atoms with Crippen LogP contribution in [0.15, 0.2) is 29.1 Å². The van der Waals surface area contributed by atoms with E-state index in [4.69, 9.17) is 10.00 Å². The van der Waals surface area contributed by atoms with Crippen molar-refractivity contribution in [3.05, 3.63) is 62.0 Å². The normalized spacial score (nSPS) is 14.6. The molecular weight excluding hydrogens is 398 g/mol. The Morgan fingerprint density at radius 2 is 2.07 bits per heavy atom. The molecule has 4 rings (SSSR count). The number of nitriles is 1. The number of aromatic nitrogens is 2. The number of rotatable bonds is 4. The third kappa shape index (κ3) is 3.88. The van der Waals surface area contributed by atoms with Crippen LogP contribution in [0.3, 0.4) is 0 Å². The lowest BCUT2D eigenvalue weighted by molar-refractivity contribution is 0.0216. The Morgan fingerprint density at radius 1 is 1.30 bits per heavy atom. The summed E-state index contributed by atoms with van der Waals surface area (Å²) in [4.78, 5) is 31.7. The third-order valence-corrected chi connectivity index (χ3v) is 6.81. The molecule has 1 saturated carbocycles. The molecule has 0 saturated heterocycles. The summed E-state index contributed by atoms with van der Waals surface area (Å²) in [6.07, 6.45) is 5.14. The number of nitrogens with zero attached hydrogens (tertiary/aromatic N) is 3. The molecule has 6 nitrogen and oxygen atoms in total. The minimum Gasteiger partial charge on any atom is -0.458 e. The zero-order chi connectivity index (χ0) is 21.3. The van der Waals surface area contributed by atoms with Crippen molar-refractivity contribution < 1.29 is 9.53 Å². The quantitative estimate of drug-likeness (QED) is 0.580. The molecule has 1 aromatic carbocycles. The van der Waals surface area contributed by atoms with Gasteiger partial charge in [0, 0.05) is 0 Å². The van der Waals surface area contributed by atoms with E-state index in [-0.39, 0.29) is 17.6 Å². The number of ether oxygens (including phenoxy) is 1. The van der Waals surface area contributed by atoms with Gasteiger partial charge in [0.25, 0.3) is 5.56 Å². The van der Waals surface area contributed by atoms with Crippen molar-refractivity contribution >= 4 is 27.5 Å². The van der Waals surface area contributed by atoms with Crippen molar-refractivity contribution in [2.24, 2.45) is 0 Å². The van der Waals surface area contributed by atoms with Gasteiger partial charge in [0.05, 0.1) is 23.6 Å². The summed E-state index contributed by atoms with van der Waals surface area (Å²) in [5.41, 5.74) is 1.86. The molecule has 30 heavy (non-hydrogen) atoms. The fraction of sp³-hybridized carbons (Fsp3) is 0.391. The van der Waals surface area contributed by atoms with E-state index in [9.17, 15) is 9.59 Å². The third-order valence-electron chi connectivity index (χ3n) is 5.65. The zero-order valence-electron chi connectivity index (χ0n) is 17.1. The molecule has 154 valence electrons. The second-order valence-electron chi connectivity index (χ2n) is 7.76. The van der Waals surface area contributed by atoms with Crippen molar-refractivity contribution in [3.8, 4) is 6.07 Å². The van der Waals surface area contributed by atoms with Gasteiger partial charge in [-0.25, -0.2) is 9.78 Å². The Labute approximate surface area is 178 Å². The van der Waals surface area contributed by atoms with Crippen LogP contribution in [-0.2, 0) is 11.3 Å². The molecule has 2 aromatic heterocycles. The van der Waals surface area contributed by atoms with E-state index >= 15 is 0 Å². The standard InChI is InChI=1S/C23H23N3O3S/c1-14-19-21(30-20(14)23(28)29-18-9-4-3-5-10-18)25-15(2)26(22(19)27)13-17-8-6-7-16(11-17)12-24/h6-8,11,18H,3-5,9-10,13H2,1-2H3. The average Bonchev–Trinajstić information content (AvgIpc) is 3.08. The molecule has 0 atom stereocenters. The van der Waals surface area contributed by atoms with Gasteiger partial charge in [-0.3, -0.25) is 9.36 Å². The van der Waals surface area contributed by atoms with E-state index in [1.54, 1.807) is 36.6 Å². The van der Waals surface area contributed by atoms with Crippen molar-refractivity contribution in [2.45, 2.75) is 58.6 Å². The first-order chi connectivity index (χ1) is 14.5. The van der Waals surface area contributed by atoms with E-state index in [0.29, 0.717) is 38.6 Å². The minimum atomic E-state index is -0.354. The summed E-state index contributed by atoms with van der Waals surface area (Å²) in [7, 11) is 0. The minimum absolute atomic E-state index is 0.0328. The van der Waals surface area contributed by atoms with Gasteiger partial charge in [0.15, 0.2) is 0 Å². The number of carbonyl (C=O) groups excluding carboxylic acids is 1. The molecule has 0 radical (unpaired) electrons. The maximum atomic E-state index is 13.3. The van der Waals surface area contributed by atoms with Crippen LogP contribution in [0, 0.1) is 25.2 Å². The molecule has 1 aliphatic carbocycles. The molecule has 0 N–H and O–H groups in total. The number of esters is 1. The Morgan fingerprint density at radius 3 is 2.80 bits per heavy atom. The zero-order valence-corrected chi connectivity index (χ0v) is 17.9. The van der Waals surface area contributed by atoms with E-state index in [1.165, 1.54) is 17.8 Å². The molecule has 0 bridgehead atoms. The summed E-state index contributed by atoms with van der Waals surface area (Å²) in [6.45, 7) is 3.89. The maximum absolute atomic E-state index is 13.3. The molecular formula is C23H23N3O3S. The number of carbonyl (C=O) groups is 1. The highest BCUT2D eigenvalue weighted by atomic mass is 32.1. The van der Waals surface area contributed by atoms with Crippen LogP contribution in [0.5, 0.6) is 0 Å². The summed E-state index contributed by atoms with van der Waals surface area (Å²) >= 11 is 1.23. The Balaban J connectivity index is 1.69. The predicted molar refractivity (Wildman–Crippen MR) is 116 cm³/mol. The average molecular weight is 422 g/mol. The van der Waals surface area contributed by atoms with Crippen LogP contribution in [0.1, 0.15) is 64.3 Å². The molecule has 7 heteroatoms. The number of thiophene rings is 1. The summed E-state index contributed by atoms with van der Waals surface area (Å²) in [5, 5.41) is 9.58. The van der Waals surface area contributed by atoms with E-state index in [1.807, 2.05) is 6.07 Å². The maximum Gasteiger partial charge on any atom is 0.348 e. The van der Waals surface area contributed by atoms with Gasteiger partial charge in [-0.1, -0.05) is 18.6 Å². The van der Waals surface area contributed by atoms with Crippen LogP contribution in [0.25, 0.3) is 10.2 Å². The fourth-order valence-electron chi connectivity index (χ4n) is 4.01. The number of fused-ring (bicyclic) bond motifs is 1. The Bertz CT molecular complexity index is 1210. The van der Waals surface area contributed by atoms with Gasteiger partial charge >= 0.3 is 5.97 Å². The van der Waals surface area contributed by atoms with Gasteiger partial charge in [-0.15, -0.1) is 11.3 Å². The van der Waals surface area contributed by atoms with Crippen molar-refractivity contribution in [1.82, 2.24) is 9.55 Å². The van der Waals surface area contributed by atoms with Gasteiger partial charge in [-0.2, -0.15) is 5.26 Å². The van der Waals surface area contributed by atoms with Crippen LogP contribution in [0.2, 0.25) is 0 Å². The summed E-state index contributed by atoms with van der Waals surface area (Å²) < 4.78 is 7.31. The first-order valence-electron chi connectivity index (χ1n) is 10.2. The van der Waals surface area contributed by atoms with Crippen LogP contribution >= 0.6 is 11.3 Å². The molecule has 1 aliphatic rings. The second kappa shape index (κ2) is 8.41. The molecule has 0 unspecified atom stereocenters. The van der Waals surface area contributed by atoms with Crippen LogP contribution < -0.4 is 5.56 Å². The first kappa shape index (κ1) is 20.3. The smallest absolute Gasteiger partial charge is 0.348 e. The van der Waals surface area contributed by atoms with E-state index < -0.39 is 0 Å². The largest absolute Gasteiger partial charge is 0.458 e. The SMILES string of the molecule is Cc1c(C(=O)OC2CCCCC2)sc2nc(C)n(Cc3cccc(C#N)c3)c(=O)c12. The predicted octanol–water partition coefficient (Wildman–Crippen LogP) is 4.48. The lowest BCUT2D eigenvalue weighted by Crippen LogP contribution is -2.24. The highest BCUT2D eigenvalue weighted by molar-refractivity contribution is 7.20. The second-order valence-corrected chi connectivity index (χ2v) is 8.76. The summed E-state index contributed by atoms with van der Waals surface area (Å²) in [6, 6.07) is 9.30. The first-order valence-corrected chi connectivity index (χ1v) is 11.0. The number of benzene rings is 1. The number of aryl methyl sites for hydroxylation is 2. The topological polar surface area (TPSA) is 85.0 Å². The van der Waals surface area contributed by atoms with Gasteiger partial charge in [0.2, 0.25) is 0 Å². The Kier molecular flexibility index (Phi) is 5.69. The summed E-state index contributed by atoms with van der Waals surface area (Å²) in [5.74, 6) is 0.219. The fourth-order valence-corrected chi connectivity index (χ4v) is 5.11. The molecule has 0 amide bonds. The van der Waals surface area contributed by atoms with Crippen molar-refractivity contribution in [3.63, 3.8) is 0 Å². The lowest BCUT2D eigenvalue weighted by atomic mass is 9.98. The lowest BCUT2D eigenvalue weighted by Gasteiger charge is -2.21. The Hall–Kier alpha value is -2.98. The van der Waals surface area contributed by atoms with Crippen molar-refractivity contribution in [2.75, 3.05) is 0 Å². The number of hydrogen-bond donors (Lipinski definition) is 0. The highest BCUT2D eigenvalue weighted by Gasteiger charge is 2.25. The highest BCUT2D eigenvalue weighted by Crippen LogP contribution is 2.30.